The van der Waals surface area contributed by atoms with E-state index in [0.29, 0.717) is 13.2 Å². The molecule has 0 unspecified atom stereocenters. The number of halogens is 1. The molecule has 0 spiro atoms. The minimum absolute atomic E-state index is 0.109. The first-order valence-electron chi connectivity index (χ1n) is 6.49. The first-order chi connectivity index (χ1) is 10.1. The zero-order chi connectivity index (χ0) is 15.2. The Bertz CT molecular complexity index is 629. The fraction of sp³-hybridized carbons (Fsp3) is 0.200. The summed E-state index contributed by atoms with van der Waals surface area (Å²) >= 11 is 0. The van der Waals surface area contributed by atoms with Crippen LogP contribution in [0.2, 0.25) is 0 Å². The van der Waals surface area contributed by atoms with E-state index < -0.39 is 10.7 Å². The van der Waals surface area contributed by atoms with E-state index in [4.69, 9.17) is 4.74 Å². The molecule has 2 aromatic rings. The van der Waals surface area contributed by atoms with Gasteiger partial charge in [-0.15, -0.1) is 0 Å². The molecular weight excluding hydrogens is 275 g/mol. The SMILES string of the molecule is CCOc1ccc(CNc2cc([N+](=O)[O-])ccc2F)cc1. The number of hydrogen-bond acceptors (Lipinski definition) is 4. The van der Waals surface area contributed by atoms with Gasteiger partial charge in [0.25, 0.3) is 5.69 Å². The summed E-state index contributed by atoms with van der Waals surface area (Å²) in [4.78, 5) is 10.1. The molecule has 0 amide bonds. The minimum Gasteiger partial charge on any atom is -0.494 e. The van der Waals surface area contributed by atoms with Crippen LogP contribution in [0.3, 0.4) is 0 Å². The quantitative estimate of drug-likeness (QED) is 0.650. The molecule has 2 rings (SSSR count). The van der Waals surface area contributed by atoms with Gasteiger partial charge in [0.15, 0.2) is 0 Å². The van der Waals surface area contributed by atoms with Crippen LogP contribution in [0.1, 0.15) is 12.5 Å². The first kappa shape index (κ1) is 14.8. The second-order valence-electron chi connectivity index (χ2n) is 4.35. The number of non-ortho nitro benzene ring substituents is 1. The maximum Gasteiger partial charge on any atom is 0.271 e. The lowest BCUT2D eigenvalue weighted by molar-refractivity contribution is -0.384. The minimum atomic E-state index is -0.554. The van der Waals surface area contributed by atoms with Crippen LogP contribution < -0.4 is 10.1 Å². The molecule has 0 atom stereocenters. The molecule has 6 heteroatoms. The fourth-order valence-electron chi connectivity index (χ4n) is 1.83. The third-order valence-corrected chi connectivity index (χ3v) is 2.88. The third-order valence-electron chi connectivity index (χ3n) is 2.88. The van der Waals surface area contributed by atoms with Crippen molar-refractivity contribution in [1.82, 2.24) is 0 Å². The molecule has 0 aliphatic rings. The van der Waals surface area contributed by atoms with Crippen molar-refractivity contribution in [2.45, 2.75) is 13.5 Å². The molecule has 0 aromatic heterocycles. The Hall–Kier alpha value is -2.63. The molecule has 0 bridgehead atoms. The maximum atomic E-state index is 13.6. The average molecular weight is 290 g/mol. The van der Waals surface area contributed by atoms with Crippen molar-refractivity contribution in [3.8, 4) is 5.75 Å². The summed E-state index contributed by atoms with van der Waals surface area (Å²) in [5.74, 6) is 0.245. The van der Waals surface area contributed by atoms with Crippen molar-refractivity contribution >= 4 is 11.4 Å². The molecule has 1 N–H and O–H groups in total. The Labute approximate surface area is 121 Å². The number of nitro benzene ring substituents is 1. The lowest BCUT2D eigenvalue weighted by Crippen LogP contribution is -2.02. The van der Waals surface area contributed by atoms with Crippen LogP contribution in [0.4, 0.5) is 15.8 Å². The second kappa shape index (κ2) is 6.69. The second-order valence-corrected chi connectivity index (χ2v) is 4.35. The molecule has 0 saturated heterocycles. The molecule has 2 aromatic carbocycles. The van der Waals surface area contributed by atoms with Crippen LogP contribution in [0, 0.1) is 15.9 Å². The van der Waals surface area contributed by atoms with Gasteiger partial charge >= 0.3 is 0 Å². The van der Waals surface area contributed by atoms with E-state index in [1.807, 2.05) is 31.2 Å². The zero-order valence-electron chi connectivity index (χ0n) is 11.5. The fourth-order valence-corrected chi connectivity index (χ4v) is 1.83. The van der Waals surface area contributed by atoms with Gasteiger partial charge in [-0.1, -0.05) is 12.1 Å². The summed E-state index contributed by atoms with van der Waals surface area (Å²) in [5.41, 5.74) is 0.882. The number of nitrogens with zero attached hydrogens (tertiary/aromatic N) is 1. The lowest BCUT2D eigenvalue weighted by Gasteiger charge is -2.08. The van der Waals surface area contributed by atoms with Crippen molar-refractivity contribution < 1.29 is 14.1 Å². The molecule has 0 heterocycles. The summed E-state index contributed by atoms with van der Waals surface area (Å²) in [5, 5.41) is 13.5. The molecular formula is C15H15FN2O3. The van der Waals surface area contributed by atoms with Crippen molar-refractivity contribution in [1.29, 1.82) is 0 Å². The molecule has 21 heavy (non-hydrogen) atoms. The number of ether oxygens (including phenoxy) is 1. The van der Waals surface area contributed by atoms with Gasteiger partial charge in [0, 0.05) is 18.7 Å². The highest BCUT2D eigenvalue weighted by atomic mass is 19.1. The van der Waals surface area contributed by atoms with Gasteiger partial charge in [0.05, 0.1) is 17.2 Å². The Balaban J connectivity index is 2.05. The van der Waals surface area contributed by atoms with E-state index in [1.165, 1.54) is 6.07 Å². The van der Waals surface area contributed by atoms with Gasteiger partial charge in [-0.25, -0.2) is 4.39 Å². The van der Waals surface area contributed by atoms with Crippen LogP contribution >= 0.6 is 0 Å². The summed E-state index contributed by atoms with van der Waals surface area (Å²) in [7, 11) is 0. The highest BCUT2D eigenvalue weighted by Crippen LogP contribution is 2.22. The molecule has 0 saturated carbocycles. The van der Waals surface area contributed by atoms with Crippen molar-refractivity contribution in [3.63, 3.8) is 0 Å². The van der Waals surface area contributed by atoms with E-state index >= 15 is 0 Å². The largest absolute Gasteiger partial charge is 0.494 e. The smallest absolute Gasteiger partial charge is 0.271 e. The maximum absolute atomic E-state index is 13.6. The summed E-state index contributed by atoms with van der Waals surface area (Å²) in [6.07, 6.45) is 0. The van der Waals surface area contributed by atoms with E-state index in [9.17, 15) is 14.5 Å². The number of rotatable bonds is 6. The Morgan fingerprint density at radius 2 is 1.95 bits per heavy atom. The van der Waals surface area contributed by atoms with E-state index in [-0.39, 0.29) is 11.4 Å². The monoisotopic (exact) mass is 290 g/mol. The van der Waals surface area contributed by atoms with Gasteiger partial charge in [-0.05, 0) is 30.7 Å². The Morgan fingerprint density at radius 1 is 1.24 bits per heavy atom. The van der Waals surface area contributed by atoms with Gasteiger partial charge < -0.3 is 10.1 Å². The van der Waals surface area contributed by atoms with Gasteiger partial charge in [-0.3, -0.25) is 10.1 Å². The summed E-state index contributed by atoms with van der Waals surface area (Å²) < 4.78 is 18.9. The highest BCUT2D eigenvalue weighted by Gasteiger charge is 2.10. The van der Waals surface area contributed by atoms with Crippen LogP contribution in [0.25, 0.3) is 0 Å². The molecule has 0 fully saturated rings. The van der Waals surface area contributed by atoms with Crippen LogP contribution in [-0.4, -0.2) is 11.5 Å². The van der Waals surface area contributed by atoms with E-state index in [0.717, 1.165) is 23.4 Å². The topological polar surface area (TPSA) is 64.4 Å². The predicted molar refractivity (Wildman–Crippen MR) is 78.0 cm³/mol. The van der Waals surface area contributed by atoms with E-state index in [2.05, 4.69) is 5.32 Å². The first-order valence-corrected chi connectivity index (χ1v) is 6.49. The van der Waals surface area contributed by atoms with E-state index in [1.54, 1.807) is 0 Å². The highest BCUT2D eigenvalue weighted by molar-refractivity contribution is 5.52. The summed E-state index contributed by atoms with van der Waals surface area (Å²) in [6.45, 7) is 2.86. The molecule has 5 nitrogen and oxygen atoms in total. The van der Waals surface area contributed by atoms with Crippen molar-refractivity contribution in [2.75, 3.05) is 11.9 Å². The third kappa shape index (κ3) is 3.92. The lowest BCUT2D eigenvalue weighted by atomic mass is 10.2. The molecule has 0 radical (unpaired) electrons. The zero-order valence-corrected chi connectivity index (χ0v) is 11.5. The van der Waals surface area contributed by atoms with Crippen LogP contribution in [-0.2, 0) is 6.54 Å². The van der Waals surface area contributed by atoms with Crippen molar-refractivity contribution in [3.05, 3.63) is 64.0 Å². The van der Waals surface area contributed by atoms with Crippen molar-refractivity contribution in [2.24, 2.45) is 0 Å². The number of hydrogen-bond donors (Lipinski definition) is 1. The standard InChI is InChI=1S/C15H15FN2O3/c1-2-21-13-6-3-11(4-7-13)10-17-15-9-12(18(19)20)5-8-14(15)16/h3-9,17H,2,10H2,1H3. The molecule has 110 valence electrons. The molecule has 0 aliphatic carbocycles. The molecule has 0 aliphatic heterocycles. The average Bonchev–Trinajstić information content (AvgIpc) is 2.48. The van der Waals surface area contributed by atoms with Crippen LogP contribution in [0.15, 0.2) is 42.5 Å². The van der Waals surface area contributed by atoms with Gasteiger partial charge in [0.2, 0.25) is 0 Å². The number of anilines is 1. The van der Waals surface area contributed by atoms with Crippen LogP contribution in [0.5, 0.6) is 5.75 Å². The number of benzene rings is 2. The summed E-state index contributed by atoms with van der Waals surface area (Å²) in [6, 6.07) is 10.8. The Morgan fingerprint density at radius 3 is 2.57 bits per heavy atom. The van der Waals surface area contributed by atoms with Gasteiger partial charge in [-0.2, -0.15) is 0 Å². The number of nitrogens with one attached hydrogen (secondary N) is 1. The van der Waals surface area contributed by atoms with Gasteiger partial charge in [0.1, 0.15) is 11.6 Å². The normalized spacial score (nSPS) is 10.2. The predicted octanol–water partition coefficient (Wildman–Crippen LogP) is 3.74. The number of nitro groups is 1. The Kier molecular flexibility index (Phi) is 4.71.